The van der Waals surface area contributed by atoms with Crippen molar-refractivity contribution in [1.29, 1.82) is 0 Å². The van der Waals surface area contributed by atoms with E-state index in [9.17, 15) is 0 Å². The van der Waals surface area contributed by atoms with Crippen LogP contribution in [0.3, 0.4) is 0 Å². The SMILES string of the molecule is CN=C(NCc1ccnc(N2CCCCC2)c1)NCC(C)C. The van der Waals surface area contributed by atoms with Crippen molar-refractivity contribution in [2.24, 2.45) is 10.9 Å². The summed E-state index contributed by atoms with van der Waals surface area (Å²) in [6.07, 6.45) is 5.80. The summed E-state index contributed by atoms with van der Waals surface area (Å²) < 4.78 is 0. The number of nitrogens with one attached hydrogen (secondary N) is 2. The molecule has 2 heterocycles. The van der Waals surface area contributed by atoms with Crippen LogP contribution in [-0.4, -0.2) is 37.6 Å². The van der Waals surface area contributed by atoms with Crippen LogP contribution >= 0.6 is 0 Å². The molecule has 2 N–H and O–H groups in total. The van der Waals surface area contributed by atoms with Crippen LogP contribution in [0.25, 0.3) is 0 Å². The molecule has 0 amide bonds. The minimum Gasteiger partial charge on any atom is -0.357 e. The smallest absolute Gasteiger partial charge is 0.191 e. The fourth-order valence-electron chi connectivity index (χ4n) is 2.57. The van der Waals surface area contributed by atoms with Gasteiger partial charge in [-0.3, -0.25) is 4.99 Å². The first-order valence-corrected chi connectivity index (χ1v) is 8.33. The average molecular weight is 303 g/mol. The van der Waals surface area contributed by atoms with Crippen LogP contribution in [0.15, 0.2) is 23.3 Å². The van der Waals surface area contributed by atoms with E-state index in [0.29, 0.717) is 5.92 Å². The number of aliphatic imine (C=N–C) groups is 1. The molecule has 22 heavy (non-hydrogen) atoms. The third-order valence-electron chi connectivity index (χ3n) is 3.85. The van der Waals surface area contributed by atoms with Gasteiger partial charge < -0.3 is 15.5 Å². The lowest BCUT2D eigenvalue weighted by Gasteiger charge is -2.28. The first-order valence-electron chi connectivity index (χ1n) is 8.33. The summed E-state index contributed by atoms with van der Waals surface area (Å²) in [5.74, 6) is 2.55. The number of piperidine rings is 1. The highest BCUT2D eigenvalue weighted by atomic mass is 15.2. The van der Waals surface area contributed by atoms with Gasteiger partial charge in [0.2, 0.25) is 0 Å². The second-order valence-corrected chi connectivity index (χ2v) is 6.27. The lowest BCUT2D eigenvalue weighted by atomic mass is 10.1. The van der Waals surface area contributed by atoms with Gasteiger partial charge in [0.25, 0.3) is 0 Å². The van der Waals surface area contributed by atoms with Crippen molar-refractivity contribution in [3.63, 3.8) is 0 Å². The van der Waals surface area contributed by atoms with Crippen molar-refractivity contribution in [3.05, 3.63) is 23.9 Å². The first kappa shape index (κ1) is 16.6. The van der Waals surface area contributed by atoms with Gasteiger partial charge in [-0.05, 0) is 42.9 Å². The number of hydrogen-bond acceptors (Lipinski definition) is 3. The van der Waals surface area contributed by atoms with E-state index < -0.39 is 0 Å². The molecule has 0 aromatic carbocycles. The minimum absolute atomic E-state index is 0.602. The first-order chi connectivity index (χ1) is 10.7. The molecule has 1 saturated heterocycles. The van der Waals surface area contributed by atoms with Gasteiger partial charge in [0, 0.05) is 39.4 Å². The topological polar surface area (TPSA) is 52.6 Å². The Hall–Kier alpha value is -1.78. The van der Waals surface area contributed by atoms with E-state index in [0.717, 1.165) is 38.0 Å². The Bertz CT molecular complexity index is 478. The van der Waals surface area contributed by atoms with E-state index >= 15 is 0 Å². The van der Waals surface area contributed by atoms with Gasteiger partial charge in [0.15, 0.2) is 5.96 Å². The molecule has 0 bridgehead atoms. The fraction of sp³-hybridized carbons (Fsp3) is 0.647. The van der Waals surface area contributed by atoms with E-state index in [-0.39, 0.29) is 0 Å². The molecule has 1 aromatic rings. The Labute approximate surface area is 134 Å². The van der Waals surface area contributed by atoms with Crippen LogP contribution in [0.4, 0.5) is 5.82 Å². The molecular formula is C17H29N5. The van der Waals surface area contributed by atoms with Crippen LogP contribution in [-0.2, 0) is 6.54 Å². The monoisotopic (exact) mass is 303 g/mol. The molecule has 1 fully saturated rings. The molecule has 1 aromatic heterocycles. The summed E-state index contributed by atoms with van der Waals surface area (Å²) in [5, 5.41) is 6.69. The zero-order valence-corrected chi connectivity index (χ0v) is 14.1. The number of nitrogens with zero attached hydrogens (tertiary/aromatic N) is 3. The fourth-order valence-corrected chi connectivity index (χ4v) is 2.57. The van der Waals surface area contributed by atoms with Crippen molar-refractivity contribution in [1.82, 2.24) is 15.6 Å². The average Bonchev–Trinajstić information content (AvgIpc) is 2.56. The maximum Gasteiger partial charge on any atom is 0.191 e. The standard InChI is InChI=1S/C17H29N5/c1-14(2)12-20-17(18-3)21-13-15-7-8-19-16(11-15)22-9-5-4-6-10-22/h7-8,11,14H,4-6,9-10,12-13H2,1-3H3,(H2,18,20,21). The Morgan fingerprint density at radius 3 is 2.73 bits per heavy atom. The number of rotatable bonds is 5. The van der Waals surface area contributed by atoms with Crippen LogP contribution < -0.4 is 15.5 Å². The van der Waals surface area contributed by atoms with Crippen molar-refractivity contribution >= 4 is 11.8 Å². The van der Waals surface area contributed by atoms with Crippen LogP contribution in [0.2, 0.25) is 0 Å². The third kappa shape index (κ3) is 5.20. The van der Waals surface area contributed by atoms with Crippen molar-refractivity contribution in [3.8, 4) is 0 Å². The molecule has 0 saturated carbocycles. The van der Waals surface area contributed by atoms with Gasteiger partial charge in [-0.15, -0.1) is 0 Å². The number of hydrogen-bond donors (Lipinski definition) is 2. The van der Waals surface area contributed by atoms with E-state index in [2.05, 4.69) is 51.5 Å². The Balaban J connectivity index is 1.89. The highest BCUT2D eigenvalue weighted by molar-refractivity contribution is 5.79. The summed E-state index contributed by atoms with van der Waals surface area (Å²) in [5.41, 5.74) is 1.24. The van der Waals surface area contributed by atoms with Crippen molar-refractivity contribution in [2.75, 3.05) is 31.6 Å². The molecule has 0 radical (unpaired) electrons. The molecule has 1 aliphatic heterocycles. The normalized spacial score (nSPS) is 16.0. The molecule has 122 valence electrons. The zero-order valence-electron chi connectivity index (χ0n) is 14.1. The molecule has 0 aliphatic carbocycles. The van der Waals surface area contributed by atoms with Gasteiger partial charge >= 0.3 is 0 Å². The lowest BCUT2D eigenvalue weighted by Crippen LogP contribution is -2.38. The Kier molecular flexibility index (Phi) is 6.49. The molecular weight excluding hydrogens is 274 g/mol. The van der Waals surface area contributed by atoms with Gasteiger partial charge in [0.1, 0.15) is 5.82 Å². The Morgan fingerprint density at radius 2 is 2.05 bits per heavy atom. The maximum atomic E-state index is 4.52. The predicted octanol–water partition coefficient (Wildman–Crippen LogP) is 2.39. The summed E-state index contributed by atoms with van der Waals surface area (Å²) in [6, 6.07) is 4.25. The maximum absolute atomic E-state index is 4.52. The van der Waals surface area contributed by atoms with Gasteiger partial charge in [-0.1, -0.05) is 13.8 Å². The molecule has 1 aliphatic rings. The Morgan fingerprint density at radius 1 is 1.27 bits per heavy atom. The summed E-state index contributed by atoms with van der Waals surface area (Å²) in [7, 11) is 1.81. The third-order valence-corrected chi connectivity index (χ3v) is 3.85. The van der Waals surface area contributed by atoms with Gasteiger partial charge in [-0.2, -0.15) is 0 Å². The van der Waals surface area contributed by atoms with Crippen LogP contribution in [0.1, 0.15) is 38.7 Å². The molecule has 5 nitrogen and oxygen atoms in total. The predicted molar refractivity (Wildman–Crippen MR) is 93.3 cm³/mol. The van der Waals surface area contributed by atoms with Crippen LogP contribution in [0.5, 0.6) is 0 Å². The summed E-state index contributed by atoms with van der Waals surface area (Å²) in [4.78, 5) is 11.2. The van der Waals surface area contributed by atoms with Gasteiger partial charge in [0.05, 0.1) is 0 Å². The molecule has 0 unspecified atom stereocenters. The van der Waals surface area contributed by atoms with Gasteiger partial charge in [-0.25, -0.2) is 4.98 Å². The largest absolute Gasteiger partial charge is 0.357 e. The number of pyridine rings is 1. The molecule has 5 heteroatoms. The number of aromatic nitrogens is 1. The minimum atomic E-state index is 0.602. The van der Waals surface area contributed by atoms with Crippen molar-refractivity contribution < 1.29 is 0 Å². The van der Waals surface area contributed by atoms with E-state index in [1.807, 2.05) is 6.20 Å². The lowest BCUT2D eigenvalue weighted by molar-refractivity contribution is 0.573. The van der Waals surface area contributed by atoms with Crippen molar-refractivity contribution in [2.45, 2.75) is 39.7 Å². The van der Waals surface area contributed by atoms with E-state index in [1.165, 1.54) is 24.8 Å². The highest BCUT2D eigenvalue weighted by Gasteiger charge is 2.12. The number of anilines is 1. The number of guanidine groups is 1. The quantitative estimate of drug-likeness (QED) is 0.648. The van der Waals surface area contributed by atoms with E-state index in [4.69, 9.17) is 0 Å². The second kappa shape index (κ2) is 8.61. The second-order valence-electron chi connectivity index (χ2n) is 6.27. The molecule has 0 atom stereocenters. The highest BCUT2D eigenvalue weighted by Crippen LogP contribution is 2.18. The van der Waals surface area contributed by atoms with E-state index in [1.54, 1.807) is 7.05 Å². The molecule has 0 spiro atoms. The van der Waals surface area contributed by atoms with Crippen LogP contribution in [0, 0.1) is 5.92 Å². The summed E-state index contributed by atoms with van der Waals surface area (Å²) >= 11 is 0. The molecule has 2 rings (SSSR count). The zero-order chi connectivity index (χ0) is 15.8. The summed E-state index contributed by atoms with van der Waals surface area (Å²) in [6.45, 7) is 8.32.